The summed E-state index contributed by atoms with van der Waals surface area (Å²) in [5, 5.41) is 2.23. The van der Waals surface area contributed by atoms with Crippen LogP contribution in [-0.4, -0.2) is 37.8 Å². The number of nitrogens with zero attached hydrogens (tertiary/aromatic N) is 4. The molecular formula is C22H12F4N6O3. The van der Waals surface area contributed by atoms with Crippen molar-refractivity contribution in [3.63, 3.8) is 0 Å². The standard InChI is InChI=1S/C22H12F4N6O3/c23-13-3-1-9(5-12(13)22(24,25)26)31-21(33)32-16-15-11-6-10(2-4-14(11)35-18(15)16)34-20-17-19(28-7-27-17)29-8-30-20/h1-8,15,18H,(H,31,33)(H,27,28,29,30)/t15-,18-/m0/s1. The molecule has 2 atom stereocenters. The molecule has 2 aliphatic rings. The van der Waals surface area contributed by atoms with Gasteiger partial charge >= 0.3 is 12.2 Å². The molecule has 176 valence electrons. The number of carbonyl (C=O) groups excluding carboxylic acids is 1. The zero-order chi connectivity index (χ0) is 24.3. The number of rotatable bonds is 3. The zero-order valence-electron chi connectivity index (χ0n) is 17.3. The van der Waals surface area contributed by atoms with E-state index in [0.717, 1.165) is 11.6 Å². The van der Waals surface area contributed by atoms with Crippen LogP contribution in [0.3, 0.4) is 0 Å². The first-order valence-corrected chi connectivity index (χ1v) is 10.2. The van der Waals surface area contributed by atoms with Gasteiger partial charge in [0.25, 0.3) is 0 Å². The molecule has 2 N–H and O–H groups in total. The summed E-state index contributed by atoms with van der Waals surface area (Å²) in [7, 11) is 0. The summed E-state index contributed by atoms with van der Waals surface area (Å²) in [6.07, 6.45) is -2.55. The van der Waals surface area contributed by atoms with Crippen molar-refractivity contribution < 1.29 is 31.8 Å². The fourth-order valence-electron chi connectivity index (χ4n) is 3.91. The summed E-state index contributed by atoms with van der Waals surface area (Å²) in [4.78, 5) is 31.3. The van der Waals surface area contributed by atoms with Gasteiger partial charge in [0.1, 0.15) is 35.3 Å². The minimum absolute atomic E-state index is 0.231. The number of aliphatic imine (C=N–C) groups is 1. The fraction of sp³-hybridized carbons (Fsp3) is 0.136. The van der Waals surface area contributed by atoms with E-state index in [-0.39, 0.29) is 17.5 Å². The van der Waals surface area contributed by atoms with E-state index < -0.39 is 29.7 Å². The van der Waals surface area contributed by atoms with Gasteiger partial charge in [0.05, 0.1) is 23.5 Å². The van der Waals surface area contributed by atoms with Crippen LogP contribution in [0.4, 0.5) is 28.0 Å². The number of anilines is 1. The first-order chi connectivity index (χ1) is 16.8. The van der Waals surface area contributed by atoms with Crippen molar-refractivity contribution in [2.24, 2.45) is 4.99 Å². The first kappa shape index (κ1) is 21.0. The Morgan fingerprint density at radius 1 is 1.14 bits per heavy atom. The topological polar surface area (TPSA) is 114 Å². The molecule has 0 saturated heterocycles. The Morgan fingerprint density at radius 3 is 2.83 bits per heavy atom. The number of amides is 2. The van der Waals surface area contributed by atoms with Gasteiger partial charge in [-0.15, -0.1) is 0 Å². The third-order valence-electron chi connectivity index (χ3n) is 5.53. The van der Waals surface area contributed by atoms with Gasteiger partial charge in [-0.25, -0.2) is 19.2 Å². The predicted molar refractivity (Wildman–Crippen MR) is 113 cm³/mol. The van der Waals surface area contributed by atoms with E-state index >= 15 is 0 Å². The molecule has 1 fully saturated rings. The monoisotopic (exact) mass is 484 g/mol. The Balaban J connectivity index is 1.19. The molecule has 9 nitrogen and oxygen atoms in total. The number of alkyl halides is 3. The number of benzene rings is 2. The molecule has 1 saturated carbocycles. The Hall–Kier alpha value is -4.55. The Morgan fingerprint density at radius 2 is 2.00 bits per heavy atom. The lowest BCUT2D eigenvalue weighted by Crippen LogP contribution is -2.12. The van der Waals surface area contributed by atoms with Crippen molar-refractivity contribution >= 4 is 28.6 Å². The van der Waals surface area contributed by atoms with Gasteiger partial charge in [-0.05, 0) is 36.4 Å². The molecule has 1 aliphatic carbocycles. The van der Waals surface area contributed by atoms with Gasteiger partial charge in [0.2, 0.25) is 5.88 Å². The van der Waals surface area contributed by atoms with E-state index in [1.165, 1.54) is 12.7 Å². The van der Waals surface area contributed by atoms with Crippen LogP contribution in [0.25, 0.3) is 11.2 Å². The summed E-state index contributed by atoms with van der Waals surface area (Å²) in [5.41, 5.74) is 0.434. The molecule has 2 aromatic heterocycles. The summed E-state index contributed by atoms with van der Waals surface area (Å²) in [6, 6.07) is 6.43. The number of imidazole rings is 1. The van der Waals surface area contributed by atoms with E-state index in [0.29, 0.717) is 40.5 Å². The number of urea groups is 1. The summed E-state index contributed by atoms with van der Waals surface area (Å²) >= 11 is 0. The van der Waals surface area contributed by atoms with Crippen LogP contribution in [0.1, 0.15) is 17.0 Å². The van der Waals surface area contributed by atoms with Crippen LogP contribution in [0.2, 0.25) is 0 Å². The minimum Gasteiger partial charge on any atom is -0.483 e. The van der Waals surface area contributed by atoms with Gasteiger partial charge in [-0.2, -0.15) is 23.1 Å². The molecule has 6 rings (SSSR count). The molecule has 3 heterocycles. The number of hydrogen-bond acceptors (Lipinski definition) is 6. The highest BCUT2D eigenvalue weighted by Gasteiger charge is 2.56. The second kappa shape index (κ2) is 7.48. The highest BCUT2D eigenvalue weighted by molar-refractivity contribution is 6.18. The van der Waals surface area contributed by atoms with Crippen LogP contribution in [0, 0.1) is 5.82 Å². The van der Waals surface area contributed by atoms with E-state index in [1.807, 2.05) is 0 Å². The maximum Gasteiger partial charge on any atom is 0.419 e. The Labute approximate surface area is 192 Å². The maximum atomic E-state index is 13.5. The number of fused-ring (bicyclic) bond motifs is 4. The Bertz CT molecular complexity index is 1530. The molecule has 1 aliphatic heterocycles. The number of halogens is 4. The molecule has 13 heteroatoms. The second-order valence-corrected chi connectivity index (χ2v) is 7.76. The van der Waals surface area contributed by atoms with E-state index in [4.69, 9.17) is 9.47 Å². The van der Waals surface area contributed by atoms with Crippen LogP contribution >= 0.6 is 0 Å². The van der Waals surface area contributed by atoms with Crippen molar-refractivity contribution in [3.8, 4) is 17.4 Å². The number of H-pyrrole nitrogens is 1. The lowest BCUT2D eigenvalue weighted by molar-refractivity contribution is -0.139. The number of carbonyl (C=O) groups is 1. The van der Waals surface area contributed by atoms with Crippen LogP contribution < -0.4 is 14.8 Å². The number of hydrogen-bond donors (Lipinski definition) is 2. The molecule has 0 spiro atoms. The number of ether oxygens (including phenoxy) is 2. The van der Waals surface area contributed by atoms with Crippen LogP contribution in [-0.2, 0) is 6.18 Å². The molecule has 0 radical (unpaired) electrons. The fourth-order valence-corrected chi connectivity index (χ4v) is 3.91. The third kappa shape index (κ3) is 3.70. The predicted octanol–water partition coefficient (Wildman–Crippen LogP) is 4.83. The average Bonchev–Trinajstić information content (AvgIpc) is 3.14. The highest BCUT2D eigenvalue weighted by Crippen LogP contribution is 2.52. The normalized spacial score (nSPS) is 19.3. The van der Waals surface area contributed by atoms with Gasteiger partial charge in [0, 0.05) is 11.3 Å². The SMILES string of the molecule is O=C(N=C1[C@H]2Oc3ccc(Oc4ncnc5nc[nH]c45)cc3[C@@H]12)Nc1ccc(F)c(C(F)(F)F)c1. The summed E-state index contributed by atoms with van der Waals surface area (Å²) in [6.45, 7) is 0. The summed E-state index contributed by atoms with van der Waals surface area (Å²) < 4.78 is 63.8. The third-order valence-corrected chi connectivity index (χ3v) is 5.53. The highest BCUT2D eigenvalue weighted by atomic mass is 19.4. The van der Waals surface area contributed by atoms with Gasteiger partial charge in [-0.1, -0.05) is 0 Å². The lowest BCUT2D eigenvalue weighted by atomic mass is 10.1. The number of aromatic amines is 1. The second-order valence-electron chi connectivity index (χ2n) is 7.76. The molecule has 0 bridgehead atoms. The minimum atomic E-state index is -4.89. The molecule has 35 heavy (non-hydrogen) atoms. The van der Waals surface area contributed by atoms with Gasteiger partial charge in [0.15, 0.2) is 5.65 Å². The molecule has 2 aromatic carbocycles. The molecular weight excluding hydrogens is 472 g/mol. The Kier molecular flexibility index (Phi) is 4.49. The number of nitrogens with one attached hydrogen (secondary N) is 2. The number of aromatic nitrogens is 4. The average molecular weight is 484 g/mol. The first-order valence-electron chi connectivity index (χ1n) is 10.2. The van der Waals surface area contributed by atoms with Crippen molar-refractivity contribution in [3.05, 3.63) is 66.0 Å². The molecule has 2 amide bonds. The lowest BCUT2D eigenvalue weighted by Gasteiger charge is -2.10. The largest absolute Gasteiger partial charge is 0.483 e. The van der Waals surface area contributed by atoms with Gasteiger partial charge in [-0.3, -0.25) is 0 Å². The van der Waals surface area contributed by atoms with E-state index in [9.17, 15) is 22.4 Å². The molecule has 0 unspecified atom stereocenters. The van der Waals surface area contributed by atoms with E-state index in [1.54, 1.807) is 18.2 Å². The zero-order valence-corrected chi connectivity index (χ0v) is 17.3. The summed E-state index contributed by atoms with van der Waals surface area (Å²) in [5.74, 6) is -0.379. The van der Waals surface area contributed by atoms with Crippen molar-refractivity contribution in [1.29, 1.82) is 0 Å². The molecule has 4 aromatic rings. The van der Waals surface area contributed by atoms with E-state index in [2.05, 4.69) is 30.2 Å². The van der Waals surface area contributed by atoms with Crippen LogP contribution in [0.5, 0.6) is 17.4 Å². The van der Waals surface area contributed by atoms with Crippen LogP contribution in [0.15, 0.2) is 54.0 Å². The van der Waals surface area contributed by atoms with Crippen molar-refractivity contribution in [2.45, 2.75) is 18.2 Å². The maximum absolute atomic E-state index is 13.5. The quantitative estimate of drug-likeness (QED) is 0.403. The van der Waals surface area contributed by atoms with Crippen molar-refractivity contribution in [1.82, 2.24) is 19.9 Å². The smallest absolute Gasteiger partial charge is 0.419 e. The van der Waals surface area contributed by atoms with Crippen molar-refractivity contribution in [2.75, 3.05) is 5.32 Å². The van der Waals surface area contributed by atoms with Gasteiger partial charge < -0.3 is 19.8 Å².